The van der Waals surface area contributed by atoms with Crippen LogP contribution in [-0.4, -0.2) is 93.0 Å². The fraction of sp³-hybridized carbons (Fsp3) is 0.636. The highest BCUT2D eigenvalue weighted by molar-refractivity contribution is 5.92. The Kier molecular flexibility index (Phi) is 7.89. The topological polar surface area (TPSA) is 59.1 Å². The van der Waals surface area contributed by atoms with E-state index in [1.165, 1.54) is 31.4 Å². The highest BCUT2D eigenvalue weighted by Gasteiger charge is 2.21. The van der Waals surface area contributed by atoms with Gasteiger partial charge in [0.05, 0.1) is 13.1 Å². The lowest BCUT2D eigenvalue weighted by atomic mass is 10.2. The van der Waals surface area contributed by atoms with Gasteiger partial charge in [0, 0.05) is 64.7 Å². The zero-order chi connectivity index (χ0) is 20.6. The van der Waals surface area contributed by atoms with Crippen LogP contribution in [0.3, 0.4) is 0 Å². The summed E-state index contributed by atoms with van der Waals surface area (Å²) < 4.78 is 0. The van der Waals surface area contributed by atoms with Crippen LogP contribution in [0.15, 0.2) is 24.3 Å². The summed E-state index contributed by atoms with van der Waals surface area (Å²) in [6.45, 7) is 6.34. The molecule has 1 aromatic carbocycles. The minimum Gasteiger partial charge on any atom is -0.372 e. The van der Waals surface area contributed by atoms with Crippen LogP contribution in [0.4, 0.5) is 11.4 Å². The van der Waals surface area contributed by atoms with Crippen LogP contribution in [0.1, 0.15) is 25.7 Å². The number of benzene rings is 1. The molecule has 2 saturated heterocycles. The third kappa shape index (κ3) is 6.72. The zero-order valence-corrected chi connectivity index (χ0v) is 17.9. The lowest BCUT2D eigenvalue weighted by Gasteiger charge is -2.34. The lowest BCUT2D eigenvalue weighted by molar-refractivity contribution is -0.130. The van der Waals surface area contributed by atoms with E-state index in [1.54, 1.807) is 19.0 Å². The molecule has 0 spiro atoms. The first-order valence-corrected chi connectivity index (χ1v) is 10.8. The lowest BCUT2D eigenvalue weighted by Crippen LogP contribution is -2.50. The molecule has 0 unspecified atom stereocenters. The van der Waals surface area contributed by atoms with Crippen LogP contribution in [0, 0.1) is 0 Å². The van der Waals surface area contributed by atoms with E-state index in [0.717, 1.165) is 45.0 Å². The van der Waals surface area contributed by atoms with Crippen LogP contribution in [0.2, 0.25) is 0 Å². The minimum atomic E-state index is 0.0188. The largest absolute Gasteiger partial charge is 0.372 e. The van der Waals surface area contributed by atoms with E-state index in [2.05, 4.69) is 32.1 Å². The Morgan fingerprint density at radius 2 is 1.38 bits per heavy atom. The normalized spacial score (nSPS) is 18.9. The highest BCUT2D eigenvalue weighted by atomic mass is 16.2. The van der Waals surface area contributed by atoms with Crippen molar-refractivity contribution in [1.82, 2.24) is 14.7 Å². The first-order chi connectivity index (χ1) is 14.0. The van der Waals surface area contributed by atoms with E-state index in [0.29, 0.717) is 13.1 Å². The summed E-state index contributed by atoms with van der Waals surface area (Å²) >= 11 is 0. The first kappa shape index (κ1) is 21.6. The number of hydrogen-bond donors (Lipinski definition) is 1. The minimum absolute atomic E-state index is 0.0188. The molecule has 2 fully saturated rings. The Hall–Kier alpha value is -2.12. The fourth-order valence-corrected chi connectivity index (χ4v) is 3.93. The molecule has 1 N–H and O–H groups in total. The average molecular weight is 402 g/mol. The summed E-state index contributed by atoms with van der Waals surface area (Å²) in [5.74, 6) is 0.144. The predicted octanol–water partition coefficient (Wildman–Crippen LogP) is 1.71. The van der Waals surface area contributed by atoms with Crippen molar-refractivity contribution in [3.63, 3.8) is 0 Å². The molecule has 0 radical (unpaired) electrons. The van der Waals surface area contributed by atoms with E-state index in [4.69, 9.17) is 0 Å². The quantitative estimate of drug-likeness (QED) is 0.787. The molecule has 0 bridgehead atoms. The Bertz CT molecular complexity index is 660. The van der Waals surface area contributed by atoms with Gasteiger partial charge in [-0.25, -0.2) is 0 Å². The molecule has 0 saturated carbocycles. The van der Waals surface area contributed by atoms with Gasteiger partial charge in [-0.05, 0) is 37.1 Å². The van der Waals surface area contributed by atoms with Crippen LogP contribution >= 0.6 is 0 Å². The highest BCUT2D eigenvalue weighted by Crippen LogP contribution is 2.21. The van der Waals surface area contributed by atoms with Gasteiger partial charge in [-0.3, -0.25) is 19.4 Å². The van der Waals surface area contributed by atoms with Crippen LogP contribution in [0.25, 0.3) is 0 Å². The molecule has 2 amide bonds. The van der Waals surface area contributed by atoms with E-state index >= 15 is 0 Å². The molecule has 0 atom stereocenters. The molecule has 2 heterocycles. The second-order valence-electron chi connectivity index (χ2n) is 8.34. The van der Waals surface area contributed by atoms with E-state index in [-0.39, 0.29) is 11.8 Å². The van der Waals surface area contributed by atoms with Crippen LogP contribution in [0.5, 0.6) is 0 Å². The summed E-state index contributed by atoms with van der Waals surface area (Å²) in [5, 5.41) is 3.02. The maximum absolute atomic E-state index is 12.4. The van der Waals surface area contributed by atoms with Gasteiger partial charge < -0.3 is 15.1 Å². The maximum Gasteiger partial charge on any atom is 0.238 e. The van der Waals surface area contributed by atoms with Crippen molar-refractivity contribution in [2.24, 2.45) is 0 Å². The van der Waals surface area contributed by atoms with E-state index in [9.17, 15) is 9.59 Å². The van der Waals surface area contributed by atoms with Gasteiger partial charge in [-0.1, -0.05) is 12.8 Å². The molecule has 160 valence electrons. The molecule has 2 aliphatic heterocycles. The predicted molar refractivity (Wildman–Crippen MR) is 117 cm³/mol. The van der Waals surface area contributed by atoms with Crippen LogP contribution in [-0.2, 0) is 9.59 Å². The number of piperazine rings is 1. The summed E-state index contributed by atoms with van der Waals surface area (Å²) in [5.41, 5.74) is 2.09. The Morgan fingerprint density at radius 3 is 1.93 bits per heavy atom. The molecule has 7 heteroatoms. The number of amides is 2. The van der Waals surface area contributed by atoms with E-state index < -0.39 is 0 Å². The van der Waals surface area contributed by atoms with Gasteiger partial charge in [0.25, 0.3) is 0 Å². The number of nitrogens with one attached hydrogen (secondary N) is 1. The summed E-state index contributed by atoms with van der Waals surface area (Å²) in [4.78, 5) is 32.6. The van der Waals surface area contributed by atoms with Crippen molar-refractivity contribution in [2.45, 2.75) is 25.7 Å². The molecule has 29 heavy (non-hydrogen) atoms. The van der Waals surface area contributed by atoms with E-state index in [1.807, 2.05) is 12.1 Å². The molecule has 7 nitrogen and oxygen atoms in total. The van der Waals surface area contributed by atoms with Gasteiger partial charge in [-0.15, -0.1) is 0 Å². The fourth-order valence-electron chi connectivity index (χ4n) is 3.93. The second kappa shape index (κ2) is 10.6. The second-order valence-corrected chi connectivity index (χ2v) is 8.34. The smallest absolute Gasteiger partial charge is 0.238 e. The number of carbonyl (C=O) groups excluding carboxylic acids is 2. The van der Waals surface area contributed by atoms with Crippen molar-refractivity contribution < 1.29 is 9.59 Å². The standard InChI is InChI=1S/C22H35N5O2/c1-24(2)22(29)18-26-15-13-25(14-16-26)17-21(28)23-19-7-9-20(10-8-19)27-11-5-3-4-6-12-27/h7-10H,3-6,11-18H2,1-2H3,(H,23,28). The number of hydrogen-bond acceptors (Lipinski definition) is 5. The molecule has 3 rings (SSSR count). The van der Waals surface area contributed by atoms with Crippen molar-refractivity contribution >= 4 is 23.2 Å². The van der Waals surface area contributed by atoms with Gasteiger partial charge in [0.2, 0.25) is 11.8 Å². The number of anilines is 2. The molecule has 1 aromatic rings. The molecular weight excluding hydrogens is 366 g/mol. The number of nitrogens with zero attached hydrogens (tertiary/aromatic N) is 4. The summed E-state index contributed by atoms with van der Waals surface area (Å²) in [6.07, 6.45) is 5.17. The first-order valence-electron chi connectivity index (χ1n) is 10.8. The van der Waals surface area contributed by atoms with Crippen molar-refractivity contribution in [2.75, 3.05) is 76.7 Å². The van der Waals surface area contributed by atoms with Gasteiger partial charge in [0.15, 0.2) is 0 Å². The zero-order valence-electron chi connectivity index (χ0n) is 17.9. The van der Waals surface area contributed by atoms with Crippen molar-refractivity contribution in [1.29, 1.82) is 0 Å². The number of carbonyl (C=O) groups is 2. The summed E-state index contributed by atoms with van der Waals surface area (Å²) in [6, 6.07) is 8.23. The number of rotatable bonds is 6. The Morgan fingerprint density at radius 1 is 0.828 bits per heavy atom. The monoisotopic (exact) mass is 401 g/mol. The Balaban J connectivity index is 1.41. The molecular formula is C22H35N5O2. The molecule has 2 aliphatic rings. The molecule has 0 aliphatic carbocycles. The van der Waals surface area contributed by atoms with Crippen molar-refractivity contribution in [3.05, 3.63) is 24.3 Å². The SMILES string of the molecule is CN(C)C(=O)CN1CCN(CC(=O)Nc2ccc(N3CCCCCC3)cc2)CC1. The third-order valence-electron chi connectivity index (χ3n) is 5.81. The molecule has 0 aromatic heterocycles. The third-order valence-corrected chi connectivity index (χ3v) is 5.81. The number of likely N-dealkylation sites (N-methyl/N-ethyl adjacent to an activating group) is 1. The van der Waals surface area contributed by atoms with Gasteiger partial charge in [-0.2, -0.15) is 0 Å². The average Bonchev–Trinajstić information content (AvgIpc) is 2.99. The van der Waals surface area contributed by atoms with Crippen molar-refractivity contribution in [3.8, 4) is 0 Å². The van der Waals surface area contributed by atoms with Gasteiger partial charge >= 0.3 is 0 Å². The summed E-state index contributed by atoms with van der Waals surface area (Å²) in [7, 11) is 3.56. The maximum atomic E-state index is 12.4. The van der Waals surface area contributed by atoms with Crippen LogP contribution < -0.4 is 10.2 Å². The Labute approximate surface area is 174 Å². The van der Waals surface area contributed by atoms with Gasteiger partial charge in [0.1, 0.15) is 0 Å².